The highest BCUT2D eigenvalue weighted by atomic mass is 16.5. The van der Waals surface area contributed by atoms with Gasteiger partial charge in [0.1, 0.15) is 5.66 Å². The molecular formula is C35H55N3O4. The minimum absolute atomic E-state index is 0.0185. The average Bonchev–Trinajstić information content (AvgIpc) is 3.19. The van der Waals surface area contributed by atoms with Crippen molar-refractivity contribution in [1.29, 1.82) is 0 Å². The van der Waals surface area contributed by atoms with Gasteiger partial charge in [0.05, 0.1) is 17.7 Å². The molecule has 7 heteroatoms. The molecule has 0 aromatic heterocycles. The number of amidine groups is 1. The second kappa shape index (κ2) is 12.7. The number of carbonyl (C=O) groups excluding carboxylic acids is 2. The predicted octanol–water partition coefficient (Wildman–Crippen LogP) is 7.00. The predicted molar refractivity (Wildman–Crippen MR) is 168 cm³/mol. The van der Waals surface area contributed by atoms with E-state index in [9.17, 15) is 14.7 Å². The SMILES string of the molecule is CC(C)OC(=O)c1ccc(C(CCC(C)(C)C)N2C(=O)C(N3CCCC(CO)C3)=NC23CCC(C(C)(C)C)CC3)cc1. The van der Waals surface area contributed by atoms with E-state index in [0.717, 1.165) is 63.5 Å². The van der Waals surface area contributed by atoms with Gasteiger partial charge in [-0.25, -0.2) is 9.79 Å². The van der Waals surface area contributed by atoms with Crippen LogP contribution >= 0.6 is 0 Å². The van der Waals surface area contributed by atoms with E-state index in [1.807, 2.05) is 38.1 Å². The first-order valence-electron chi connectivity index (χ1n) is 16.2. The first-order valence-corrected chi connectivity index (χ1v) is 16.2. The number of carbonyl (C=O) groups is 2. The van der Waals surface area contributed by atoms with Crippen LogP contribution in [0, 0.1) is 22.7 Å². The number of piperidine rings is 1. The Balaban J connectivity index is 1.73. The van der Waals surface area contributed by atoms with Gasteiger partial charge >= 0.3 is 5.97 Å². The molecule has 234 valence electrons. The normalized spacial score (nSPS) is 26.1. The number of rotatable bonds is 7. The molecule has 1 amide bonds. The summed E-state index contributed by atoms with van der Waals surface area (Å²) >= 11 is 0. The van der Waals surface area contributed by atoms with E-state index in [-0.39, 0.29) is 47.4 Å². The van der Waals surface area contributed by atoms with Crippen molar-refractivity contribution in [1.82, 2.24) is 9.80 Å². The maximum Gasteiger partial charge on any atom is 0.338 e. The fraction of sp³-hybridized carbons (Fsp3) is 0.743. The number of aliphatic imine (C=N–C) groups is 1. The lowest BCUT2D eigenvalue weighted by Crippen LogP contribution is -2.52. The van der Waals surface area contributed by atoms with Crippen LogP contribution in [0.25, 0.3) is 0 Å². The van der Waals surface area contributed by atoms with Gasteiger partial charge in [-0.05, 0) is 106 Å². The van der Waals surface area contributed by atoms with Crippen molar-refractivity contribution in [2.24, 2.45) is 27.7 Å². The van der Waals surface area contributed by atoms with E-state index in [4.69, 9.17) is 9.73 Å². The molecule has 1 spiro atoms. The quantitative estimate of drug-likeness (QED) is 0.351. The van der Waals surface area contributed by atoms with Gasteiger partial charge in [-0.1, -0.05) is 53.7 Å². The minimum Gasteiger partial charge on any atom is -0.459 e. The molecule has 0 radical (unpaired) electrons. The Bertz CT molecular complexity index is 1120. The van der Waals surface area contributed by atoms with Crippen LogP contribution < -0.4 is 0 Å². The van der Waals surface area contributed by atoms with E-state index in [1.165, 1.54) is 0 Å². The first kappa shape index (κ1) is 32.5. The molecular weight excluding hydrogens is 526 g/mol. The molecule has 1 saturated carbocycles. The Morgan fingerprint density at radius 1 is 1.07 bits per heavy atom. The van der Waals surface area contributed by atoms with Crippen LogP contribution in [0.5, 0.6) is 0 Å². The largest absolute Gasteiger partial charge is 0.459 e. The first-order chi connectivity index (χ1) is 19.6. The molecule has 3 aliphatic rings. The Morgan fingerprint density at radius 2 is 1.71 bits per heavy atom. The van der Waals surface area contributed by atoms with Crippen LogP contribution in [-0.2, 0) is 9.53 Å². The fourth-order valence-electron chi connectivity index (χ4n) is 7.08. The third-order valence-electron chi connectivity index (χ3n) is 9.61. The molecule has 2 unspecified atom stereocenters. The fourth-order valence-corrected chi connectivity index (χ4v) is 7.08. The molecule has 2 aliphatic heterocycles. The van der Waals surface area contributed by atoms with Crippen molar-refractivity contribution in [2.75, 3.05) is 19.7 Å². The van der Waals surface area contributed by atoms with Crippen molar-refractivity contribution in [3.63, 3.8) is 0 Å². The standard InChI is InChI=1S/C35H55N3O4/c1-24(2)42-32(41)27-13-11-26(12-14-27)29(17-18-33(3,4)5)38-31(40)30(37-21-9-10-25(22-37)23-39)36-35(38)19-15-28(16-20-35)34(6,7)8/h11-14,24-25,28-29,39H,9-10,15-23H2,1-8H3. The molecule has 1 aliphatic carbocycles. The Labute approximate surface area is 254 Å². The third kappa shape index (κ3) is 7.38. The number of hydrogen-bond donors (Lipinski definition) is 1. The second-order valence-electron chi connectivity index (χ2n) is 15.6. The smallest absolute Gasteiger partial charge is 0.338 e. The summed E-state index contributed by atoms with van der Waals surface area (Å²) in [6, 6.07) is 7.54. The number of aliphatic hydroxyl groups is 1. The molecule has 0 bridgehead atoms. The molecule has 2 fully saturated rings. The lowest BCUT2D eigenvalue weighted by molar-refractivity contribution is -0.134. The highest BCUT2D eigenvalue weighted by Crippen LogP contribution is 2.50. The lowest BCUT2D eigenvalue weighted by atomic mass is 9.69. The van der Waals surface area contributed by atoms with Crippen LogP contribution in [0.4, 0.5) is 0 Å². The number of ether oxygens (including phenoxy) is 1. The molecule has 4 rings (SSSR count). The van der Waals surface area contributed by atoms with Crippen molar-refractivity contribution in [3.8, 4) is 0 Å². The summed E-state index contributed by atoms with van der Waals surface area (Å²) in [5.74, 6) is 1.04. The van der Waals surface area contributed by atoms with Gasteiger partial charge in [0.25, 0.3) is 5.91 Å². The molecule has 1 aromatic carbocycles. The maximum atomic E-state index is 14.6. The number of nitrogens with zero attached hydrogens (tertiary/aromatic N) is 3. The monoisotopic (exact) mass is 581 g/mol. The third-order valence-corrected chi connectivity index (χ3v) is 9.61. The van der Waals surface area contributed by atoms with E-state index < -0.39 is 5.66 Å². The van der Waals surface area contributed by atoms with Crippen molar-refractivity contribution in [2.45, 2.75) is 125 Å². The number of hydrogen-bond acceptors (Lipinski definition) is 6. The summed E-state index contributed by atoms with van der Waals surface area (Å²) in [7, 11) is 0. The van der Waals surface area contributed by atoms with Crippen LogP contribution in [-0.4, -0.2) is 64.1 Å². The van der Waals surface area contributed by atoms with E-state index in [0.29, 0.717) is 23.9 Å². The molecule has 2 heterocycles. The zero-order chi connectivity index (χ0) is 30.9. The molecule has 1 aromatic rings. The van der Waals surface area contributed by atoms with Crippen LogP contribution in [0.2, 0.25) is 0 Å². The minimum atomic E-state index is -0.571. The molecule has 1 saturated heterocycles. The highest BCUT2D eigenvalue weighted by Gasteiger charge is 2.54. The number of aliphatic hydroxyl groups excluding tert-OH is 1. The second-order valence-corrected chi connectivity index (χ2v) is 15.6. The molecule has 1 N–H and O–H groups in total. The summed E-state index contributed by atoms with van der Waals surface area (Å²) in [5.41, 5.74) is 1.31. The van der Waals surface area contributed by atoms with Gasteiger partial charge in [-0.2, -0.15) is 0 Å². The van der Waals surface area contributed by atoms with Gasteiger partial charge in [0, 0.05) is 19.7 Å². The average molecular weight is 582 g/mol. The summed E-state index contributed by atoms with van der Waals surface area (Å²) in [6.45, 7) is 19.0. The van der Waals surface area contributed by atoms with Gasteiger partial charge < -0.3 is 19.6 Å². The van der Waals surface area contributed by atoms with Crippen molar-refractivity contribution >= 4 is 17.7 Å². The Morgan fingerprint density at radius 3 is 2.26 bits per heavy atom. The van der Waals surface area contributed by atoms with E-state index in [1.54, 1.807) is 0 Å². The molecule has 42 heavy (non-hydrogen) atoms. The number of esters is 1. The van der Waals surface area contributed by atoms with Gasteiger partial charge in [0.15, 0.2) is 5.84 Å². The van der Waals surface area contributed by atoms with Crippen LogP contribution in [0.3, 0.4) is 0 Å². The zero-order valence-corrected chi connectivity index (χ0v) is 27.4. The number of amides is 1. The number of benzene rings is 1. The summed E-state index contributed by atoms with van der Waals surface area (Å²) in [4.78, 5) is 36.9. The van der Waals surface area contributed by atoms with Crippen LogP contribution in [0.1, 0.15) is 129 Å². The Hall–Kier alpha value is -2.41. The topological polar surface area (TPSA) is 82.4 Å². The van der Waals surface area contributed by atoms with Crippen molar-refractivity contribution in [3.05, 3.63) is 35.4 Å². The van der Waals surface area contributed by atoms with Gasteiger partial charge in [-0.15, -0.1) is 0 Å². The maximum absolute atomic E-state index is 14.6. The summed E-state index contributed by atoms with van der Waals surface area (Å²) in [5, 5.41) is 9.91. The summed E-state index contributed by atoms with van der Waals surface area (Å²) in [6.07, 6.45) is 7.30. The van der Waals surface area contributed by atoms with Gasteiger partial charge in [0.2, 0.25) is 0 Å². The highest BCUT2D eigenvalue weighted by molar-refractivity contribution is 6.39. The number of likely N-dealkylation sites (tertiary alicyclic amines) is 1. The molecule has 2 atom stereocenters. The van der Waals surface area contributed by atoms with E-state index >= 15 is 0 Å². The van der Waals surface area contributed by atoms with Crippen molar-refractivity contribution < 1.29 is 19.4 Å². The zero-order valence-electron chi connectivity index (χ0n) is 27.4. The van der Waals surface area contributed by atoms with Crippen LogP contribution in [0.15, 0.2) is 29.3 Å². The van der Waals surface area contributed by atoms with Gasteiger partial charge in [-0.3, -0.25) is 4.79 Å². The molecule has 7 nitrogen and oxygen atoms in total. The Kier molecular flexibility index (Phi) is 9.81. The summed E-state index contributed by atoms with van der Waals surface area (Å²) < 4.78 is 5.43. The lowest BCUT2D eigenvalue weighted by Gasteiger charge is -2.47. The van der Waals surface area contributed by atoms with E-state index in [2.05, 4.69) is 51.3 Å².